The van der Waals surface area contributed by atoms with Crippen molar-refractivity contribution < 1.29 is 4.74 Å². The van der Waals surface area contributed by atoms with E-state index in [0.29, 0.717) is 6.61 Å². The Morgan fingerprint density at radius 3 is 2.00 bits per heavy atom. The summed E-state index contributed by atoms with van der Waals surface area (Å²) in [4.78, 5) is 2.23. The summed E-state index contributed by atoms with van der Waals surface area (Å²) in [5, 5.41) is 0. The summed E-state index contributed by atoms with van der Waals surface area (Å²) >= 11 is 0. The van der Waals surface area contributed by atoms with E-state index >= 15 is 0 Å². The summed E-state index contributed by atoms with van der Waals surface area (Å²) < 4.78 is 5.81. The molecule has 2 nitrogen and oxygen atoms in total. The lowest BCUT2D eigenvalue weighted by molar-refractivity contribution is 0.236. The lowest BCUT2D eigenvalue weighted by Crippen LogP contribution is -2.28. The van der Waals surface area contributed by atoms with Crippen LogP contribution < -0.4 is 4.74 Å². The average molecular weight is 293 g/mol. The monoisotopic (exact) mass is 293 g/mol. The molecule has 2 heteroatoms. The number of hydrogen-bond acceptors (Lipinski definition) is 2. The topological polar surface area (TPSA) is 12.5 Å². The van der Waals surface area contributed by atoms with E-state index in [1.165, 1.54) is 11.1 Å². The second-order valence-electron chi connectivity index (χ2n) is 5.08. The zero-order valence-corrected chi connectivity index (χ0v) is 12.9. The van der Waals surface area contributed by atoms with Crippen LogP contribution in [0.2, 0.25) is 0 Å². The maximum Gasteiger partial charge on any atom is 0.119 e. The Hall–Kier alpha value is -2.32. The van der Waals surface area contributed by atoms with Crippen molar-refractivity contribution in [3.63, 3.8) is 0 Å². The quantitative estimate of drug-likeness (QED) is 0.635. The molecule has 0 unspecified atom stereocenters. The second kappa shape index (κ2) is 8.85. The van der Waals surface area contributed by atoms with Gasteiger partial charge in [0, 0.05) is 19.6 Å². The first-order chi connectivity index (χ1) is 10.8. The Kier molecular flexibility index (Phi) is 6.46. The van der Waals surface area contributed by atoms with Crippen molar-refractivity contribution in [2.45, 2.75) is 0 Å². The van der Waals surface area contributed by atoms with Crippen LogP contribution in [-0.2, 0) is 0 Å². The third kappa shape index (κ3) is 4.90. The highest BCUT2D eigenvalue weighted by atomic mass is 16.5. The lowest BCUT2D eigenvalue weighted by atomic mass is 10.1. The lowest BCUT2D eigenvalue weighted by Gasteiger charge is -2.18. The van der Waals surface area contributed by atoms with Crippen LogP contribution in [0.15, 0.2) is 79.9 Å². The fourth-order valence-corrected chi connectivity index (χ4v) is 2.29. The largest absolute Gasteiger partial charge is 0.492 e. The van der Waals surface area contributed by atoms with Crippen LogP contribution in [0.5, 0.6) is 5.75 Å². The molecule has 0 saturated heterocycles. The first-order valence-corrected chi connectivity index (χ1v) is 7.56. The molecular formula is C20H23NO. The van der Waals surface area contributed by atoms with E-state index in [-0.39, 0.29) is 0 Å². The van der Waals surface area contributed by atoms with Crippen molar-refractivity contribution in [1.82, 2.24) is 4.90 Å². The zero-order chi connectivity index (χ0) is 15.6. The number of rotatable bonds is 9. The molecule has 0 bridgehead atoms. The molecule has 0 aliphatic carbocycles. The van der Waals surface area contributed by atoms with E-state index in [1.807, 2.05) is 42.5 Å². The fourth-order valence-electron chi connectivity index (χ4n) is 2.29. The maximum atomic E-state index is 5.81. The van der Waals surface area contributed by atoms with Gasteiger partial charge in [0.25, 0.3) is 0 Å². The summed E-state index contributed by atoms with van der Waals surface area (Å²) in [6, 6.07) is 18.6. The SMILES string of the molecule is C=CCN(CC=C)CCOc1ccc(-c2ccccc2)cc1. The molecule has 0 amide bonds. The van der Waals surface area contributed by atoms with Gasteiger partial charge >= 0.3 is 0 Å². The van der Waals surface area contributed by atoms with Gasteiger partial charge in [0.15, 0.2) is 0 Å². The number of hydrogen-bond donors (Lipinski definition) is 0. The number of nitrogens with zero attached hydrogens (tertiary/aromatic N) is 1. The molecule has 0 radical (unpaired) electrons. The minimum Gasteiger partial charge on any atom is -0.492 e. The Morgan fingerprint density at radius 1 is 0.818 bits per heavy atom. The predicted octanol–water partition coefficient (Wildman–Crippen LogP) is 4.41. The highest BCUT2D eigenvalue weighted by Crippen LogP contribution is 2.21. The Labute approximate surface area is 133 Å². The Morgan fingerprint density at radius 2 is 1.41 bits per heavy atom. The minimum atomic E-state index is 0.659. The summed E-state index contributed by atoms with van der Waals surface area (Å²) in [5.74, 6) is 0.900. The van der Waals surface area contributed by atoms with Crippen LogP contribution in [-0.4, -0.2) is 31.1 Å². The molecule has 0 aliphatic heterocycles. The van der Waals surface area contributed by atoms with E-state index in [4.69, 9.17) is 4.74 Å². The maximum absolute atomic E-state index is 5.81. The molecule has 2 rings (SSSR count). The van der Waals surface area contributed by atoms with Crippen molar-refractivity contribution in [3.05, 3.63) is 79.9 Å². The molecule has 0 aliphatic rings. The summed E-state index contributed by atoms with van der Waals surface area (Å²) in [6.45, 7) is 10.8. The smallest absolute Gasteiger partial charge is 0.119 e. The van der Waals surface area contributed by atoms with Gasteiger partial charge in [-0.05, 0) is 23.3 Å². The van der Waals surface area contributed by atoms with E-state index in [1.54, 1.807) is 0 Å². The first kappa shape index (κ1) is 16.1. The van der Waals surface area contributed by atoms with Crippen molar-refractivity contribution in [3.8, 4) is 16.9 Å². The molecular weight excluding hydrogens is 270 g/mol. The highest BCUT2D eigenvalue weighted by molar-refractivity contribution is 5.63. The van der Waals surface area contributed by atoms with Gasteiger partial charge in [-0.15, -0.1) is 13.2 Å². The molecule has 0 fully saturated rings. The molecule has 0 aromatic heterocycles. The summed E-state index contributed by atoms with van der Waals surface area (Å²) in [6.07, 6.45) is 3.80. The van der Waals surface area contributed by atoms with Crippen molar-refractivity contribution in [2.24, 2.45) is 0 Å². The van der Waals surface area contributed by atoms with Crippen molar-refractivity contribution >= 4 is 0 Å². The molecule has 0 atom stereocenters. The van der Waals surface area contributed by atoms with E-state index < -0.39 is 0 Å². The normalized spacial score (nSPS) is 10.4. The van der Waals surface area contributed by atoms with Crippen molar-refractivity contribution in [2.75, 3.05) is 26.2 Å². The number of benzene rings is 2. The van der Waals surface area contributed by atoms with E-state index in [2.05, 4.69) is 42.3 Å². The molecule has 22 heavy (non-hydrogen) atoms. The fraction of sp³-hybridized carbons (Fsp3) is 0.200. The Balaban J connectivity index is 1.86. The molecule has 0 saturated carbocycles. The third-order valence-electron chi connectivity index (χ3n) is 3.41. The Bertz CT molecular complexity index is 564. The minimum absolute atomic E-state index is 0.659. The summed E-state index contributed by atoms with van der Waals surface area (Å²) in [7, 11) is 0. The van der Waals surface area contributed by atoms with Gasteiger partial charge in [-0.25, -0.2) is 0 Å². The van der Waals surface area contributed by atoms with Gasteiger partial charge in [0.2, 0.25) is 0 Å². The van der Waals surface area contributed by atoms with E-state index in [9.17, 15) is 0 Å². The zero-order valence-electron chi connectivity index (χ0n) is 12.9. The highest BCUT2D eigenvalue weighted by Gasteiger charge is 2.02. The van der Waals surface area contributed by atoms with Gasteiger partial charge in [-0.2, -0.15) is 0 Å². The molecule has 2 aromatic carbocycles. The predicted molar refractivity (Wildman–Crippen MR) is 94.2 cm³/mol. The van der Waals surface area contributed by atoms with Crippen LogP contribution >= 0.6 is 0 Å². The van der Waals surface area contributed by atoms with E-state index in [0.717, 1.165) is 25.4 Å². The number of ether oxygens (including phenoxy) is 1. The van der Waals surface area contributed by atoms with Crippen LogP contribution in [0.3, 0.4) is 0 Å². The van der Waals surface area contributed by atoms with Crippen LogP contribution in [0, 0.1) is 0 Å². The van der Waals surface area contributed by atoms with Crippen LogP contribution in [0.25, 0.3) is 11.1 Å². The van der Waals surface area contributed by atoms with Crippen LogP contribution in [0.1, 0.15) is 0 Å². The average Bonchev–Trinajstić information content (AvgIpc) is 2.57. The third-order valence-corrected chi connectivity index (χ3v) is 3.41. The molecule has 0 heterocycles. The molecule has 114 valence electrons. The first-order valence-electron chi connectivity index (χ1n) is 7.56. The van der Waals surface area contributed by atoms with Crippen molar-refractivity contribution in [1.29, 1.82) is 0 Å². The van der Waals surface area contributed by atoms with Gasteiger partial charge in [-0.3, -0.25) is 4.90 Å². The standard InChI is InChI=1S/C20H23NO/c1-3-14-21(15-4-2)16-17-22-20-12-10-19(11-13-20)18-8-6-5-7-9-18/h3-13H,1-2,14-17H2. The molecule has 0 spiro atoms. The summed E-state index contributed by atoms with van der Waals surface area (Å²) in [5.41, 5.74) is 2.42. The van der Waals surface area contributed by atoms with Gasteiger partial charge < -0.3 is 4.74 Å². The van der Waals surface area contributed by atoms with Gasteiger partial charge in [-0.1, -0.05) is 54.6 Å². The molecule has 2 aromatic rings. The van der Waals surface area contributed by atoms with Gasteiger partial charge in [0.1, 0.15) is 12.4 Å². The second-order valence-corrected chi connectivity index (χ2v) is 5.08. The van der Waals surface area contributed by atoms with Gasteiger partial charge in [0.05, 0.1) is 0 Å². The van der Waals surface area contributed by atoms with Crippen LogP contribution in [0.4, 0.5) is 0 Å². The molecule has 0 N–H and O–H groups in total.